The molecule has 1 aromatic heterocycles. The van der Waals surface area contributed by atoms with Crippen LogP contribution in [0.4, 0.5) is 8.78 Å². The Morgan fingerprint density at radius 1 is 1.34 bits per heavy atom. The van der Waals surface area contributed by atoms with Crippen molar-refractivity contribution in [3.8, 4) is 0 Å². The molecule has 0 unspecified atom stereocenters. The van der Waals surface area contributed by atoms with Gasteiger partial charge in [-0.1, -0.05) is 5.16 Å². The number of ether oxygens (including phenoxy) is 1. The average Bonchev–Trinajstić information content (AvgIpc) is 3.05. The van der Waals surface area contributed by atoms with Crippen LogP contribution in [0.3, 0.4) is 0 Å². The number of likely N-dealkylation sites (tertiary alicyclic amines) is 1. The number of rotatable bonds is 8. The van der Waals surface area contributed by atoms with Gasteiger partial charge in [0, 0.05) is 38.7 Å². The maximum Gasteiger partial charge on any atom is 0.254 e. The number of hydrogen-bond acceptors (Lipinski definition) is 7. The van der Waals surface area contributed by atoms with Crippen molar-refractivity contribution >= 4 is 15.9 Å². The summed E-state index contributed by atoms with van der Waals surface area (Å²) in [6.07, 6.45) is 1.31. The van der Waals surface area contributed by atoms with Gasteiger partial charge in [-0.25, -0.2) is 17.2 Å². The van der Waals surface area contributed by atoms with Crippen LogP contribution in [0.1, 0.15) is 22.1 Å². The lowest BCUT2D eigenvalue weighted by atomic mass is 10.1. The first kappa shape index (κ1) is 21.3. The Morgan fingerprint density at radius 2 is 2.07 bits per heavy atom. The van der Waals surface area contributed by atoms with E-state index in [1.165, 1.54) is 22.4 Å². The molecule has 12 heteroatoms. The van der Waals surface area contributed by atoms with E-state index in [4.69, 9.17) is 9.26 Å². The molecule has 0 saturated carbocycles. The van der Waals surface area contributed by atoms with Crippen LogP contribution in [0, 0.1) is 11.6 Å². The van der Waals surface area contributed by atoms with Crippen molar-refractivity contribution in [2.75, 3.05) is 33.0 Å². The second-order valence-electron chi connectivity index (χ2n) is 6.65. The molecule has 158 valence electrons. The van der Waals surface area contributed by atoms with Crippen LogP contribution >= 0.6 is 0 Å². The molecule has 0 aliphatic carbocycles. The lowest BCUT2D eigenvalue weighted by Gasteiger charge is -2.44. The summed E-state index contributed by atoms with van der Waals surface area (Å²) in [5, 5.41) is 3.77. The molecule has 0 N–H and O–H groups in total. The maximum atomic E-state index is 13.3. The molecule has 3 rings (SSSR count). The number of aromatic nitrogens is 2. The van der Waals surface area contributed by atoms with Crippen LogP contribution in [0.15, 0.2) is 22.7 Å². The van der Waals surface area contributed by atoms with Crippen LogP contribution in [0.5, 0.6) is 0 Å². The van der Waals surface area contributed by atoms with Gasteiger partial charge < -0.3 is 14.2 Å². The van der Waals surface area contributed by atoms with E-state index in [1.54, 1.807) is 0 Å². The molecule has 0 spiro atoms. The van der Waals surface area contributed by atoms with Gasteiger partial charge in [0.1, 0.15) is 6.61 Å². The van der Waals surface area contributed by atoms with E-state index >= 15 is 0 Å². The van der Waals surface area contributed by atoms with Gasteiger partial charge in [0.2, 0.25) is 10.0 Å². The molecule has 0 atom stereocenters. The number of benzene rings is 1. The zero-order valence-electron chi connectivity index (χ0n) is 15.8. The van der Waals surface area contributed by atoms with Crippen molar-refractivity contribution in [2.45, 2.75) is 19.1 Å². The Kier molecular flexibility index (Phi) is 6.24. The van der Waals surface area contributed by atoms with E-state index in [-0.39, 0.29) is 38.2 Å². The SMILES string of the molecule is COCc1nc(CCN(C2CN(C(=O)c3ccc(F)c(F)c3)C2)S(C)(=O)=O)no1. The summed E-state index contributed by atoms with van der Waals surface area (Å²) < 4.78 is 61.8. The summed E-state index contributed by atoms with van der Waals surface area (Å²) in [7, 11) is -2.06. The quantitative estimate of drug-likeness (QED) is 0.611. The van der Waals surface area contributed by atoms with Crippen molar-refractivity contribution in [1.82, 2.24) is 19.3 Å². The second-order valence-corrected chi connectivity index (χ2v) is 8.59. The topological polar surface area (TPSA) is 106 Å². The first-order valence-electron chi connectivity index (χ1n) is 8.70. The Labute approximate surface area is 166 Å². The van der Waals surface area contributed by atoms with E-state index in [2.05, 4.69) is 10.1 Å². The van der Waals surface area contributed by atoms with Crippen LogP contribution < -0.4 is 0 Å². The predicted molar refractivity (Wildman–Crippen MR) is 96.3 cm³/mol. The summed E-state index contributed by atoms with van der Waals surface area (Å²) in [6, 6.07) is 2.47. The summed E-state index contributed by atoms with van der Waals surface area (Å²) in [5.74, 6) is -2.00. The highest BCUT2D eigenvalue weighted by Gasteiger charge is 2.39. The molecule has 1 aliphatic heterocycles. The van der Waals surface area contributed by atoms with E-state index in [9.17, 15) is 22.0 Å². The van der Waals surface area contributed by atoms with Crippen molar-refractivity contribution < 1.29 is 31.3 Å². The van der Waals surface area contributed by atoms with Gasteiger partial charge in [-0.2, -0.15) is 9.29 Å². The fourth-order valence-electron chi connectivity index (χ4n) is 3.02. The number of amides is 1. The second kappa shape index (κ2) is 8.51. The van der Waals surface area contributed by atoms with Gasteiger partial charge in [0.15, 0.2) is 17.5 Å². The molecule has 1 saturated heterocycles. The fraction of sp³-hybridized carbons (Fsp3) is 0.471. The number of carbonyl (C=O) groups excluding carboxylic acids is 1. The largest absolute Gasteiger partial charge is 0.375 e. The third-order valence-electron chi connectivity index (χ3n) is 4.48. The highest BCUT2D eigenvalue weighted by atomic mass is 32.2. The lowest BCUT2D eigenvalue weighted by Crippen LogP contribution is -2.62. The summed E-state index contributed by atoms with van der Waals surface area (Å²) in [6.45, 7) is 0.563. The van der Waals surface area contributed by atoms with Gasteiger partial charge >= 0.3 is 0 Å². The third kappa shape index (κ3) is 4.95. The zero-order valence-corrected chi connectivity index (χ0v) is 16.7. The van der Waals surface area contributed by atoms with E-state index in [0.29, 0.717) is 11.7 Å². The third-order valence-corrected chi connectivity index (χ3v) is 5.82. The molecule has 2 heterocycles. The van der Waals surface area contributed by atoms with Gasteiger partial charge in [-0.15, -0.1) is 0 Å². The van der Waals surface area contributed by atoms with Crippen molar-refractivity contribution in [2.24, 2.45) is 0 Å². The van der Waals surface area contributed by atoms with Gasteiger partial charge in [-0.3, -0.25) is 4.79 Å². The van der Waals surface area contributed by atoms with Crippen LogP contribution in [0.2, 0.25) is 0 Å². The zero-order chi connectivity index (χ0) is 21.2. The molecule has 0 bridgehead atoms. The van der Waals surface area contributed by atoms with E-state index in [0.717, 1.165) is 18.4 Å². The number of nitrogens with zero attached hydrogens (tertiary/aromatic N) is 4. The summed E-state index contributed by atoms with van der Waals surface area (Å²) in [5.41, 5.74) is 0.00530. The lowest BCUT2D eigenvalue weighted by molar-refractivity contribution is 0.0453. The minimum absolute atomic E-state index is 0.00530. The number of carbonyl (C=O) groups is 1. The molecule has 1 amide bonds. The Hall–Kier alpha value is -2.44. The highest BCUT2D eigenvalue weighted by Crippen LogP contribution is 2.21. The molecule has 9 nitrogen and oxygen atoms in total. The highest BCUT2D eigenvalue weighted by molar-refractivity contribution is 7.88. The maximum absolute atomic E-state index is 13.3. The number of methoxy groups -OCH3 is 1. The van der Waals surface area contributed by atoms with Gasteiger partial charge in [-0.05, 0) is 18.2 Å². The summed E-state index contributed by atoms with van der Waals surface area (Å²) >= 11 is 0. The minimum atomic E-state index is -3.55. The van der Waals surface area contributed by atoms with Crippen molar-refractivity contribution in [1.29, 1.82) is 0 Å². The molecule has 1 aliphatic rings. The first-order valence-corrected chi connectivity index (χ1v) is 10.6. The van der Waals surface area contributed by atoms with Gasteiger partial charge in [0.25, 0.3) is 11.8 Å². The Balaban J connectivity index is 1.61. The van der Waals surface area contributed by atoms with E-state index < -0.39 is 33.6 Å². The fourth-order valence-corrected chi connectivity index (χ4v) is 4.12. The monoisotopic (exact) mass is 430 g/mol. The molecular weight excluding hydrogens is 410 g/mol. The van der Waals surface area contributed by atoms with Crippen molar-refractivity contribution in [3.05, 3.63) is 47.1 Å². The number of sulfonamides is 1. The molecule has 1 fully saturated rings. The Bertz CT molecular complexity index is 991. The van der Waals surface area contributed by atoms with Crippen molar-refractivity contribution in [3.63, 3.8) is 0 Å². The number of hydrogen-bond donors (Lipinski definition) is 0. The standard InChI is InChI=1S/C17H20F2N4O5S/c1-27-10-16-20-15(21-28-16)5-6-23(29(2,25)26)12-8-22(9-12)17(24)11-3-4-13(18)14(19)7-11/h3-4,7,12H,5-6,8-10H2,1-2H3. The van der Waals surface area contributed by atoms with Gasteiger partial charge in [0.05, 0.1) is 12.3 Å². The molecule has 1 aromatic carbocycles. The van der Waals surface area contributed by atoms with Crippen LogP contribution in [-0.4, -0.2) is 72.7 Å². The van der Waals surface area contributed by atoms with Crippen LogP contribution in [0.25, 0.3) is 0 Å². The average molecular weight is 430 g/mol. The summed E-state index contributed by atoms with van der Waals surface area (Å²) in [4.78, 5) is 17.9. The van der Waals surface area contributed by atoms with Crippen LogP contribution in [-0.2, 0) is 27.8 Å². The molecular formula is C17H20F2N4O5S. The first-order chi connectivity index (χ1) is 13.7. The van der Waals surface area contributed by atoms with E-state index in [1.807, 2.05) is 0 Å². The smallest absolute Gasteiger partial charge is 0.254 e. The molecule has 29 heavy (non-hydrogen) atoms. The predicted octanol–water partition coefficient (Wildman–Crippen LogP) is 0.823. The normalized spacial score (nSPS) is 15.0. The molecule has 0 radical (unpaired) electrons. The molecule has 2 aromatic rings. The minimum Gasteiger partial charge on any atom is -0.375 e. The number of halogens is 2. The Morgan fingerprint density at radius 3 is 2.69 bits per heavy atom.